The number of nitrogens with zero attached hydrogens (tertiary/aromatic N) is 5. The number of fused-ring (bicyclic) bond motifs is 1. The fraction of sp³-hybridized carbons (Fsp3) is 0.0870. The molecule has 3 aromatic heterocycles. The fourth-order valence-electron chi connectivity index (χ4n) is 3.23. The molecule has 0 fully saturated rings. The number of pyridine rings is 1. The molecule has 0 radical (unpaired) electrons. The molecule has 0 saturated heterocycles. The van der Waals surface area contributed by atoms with Crippen LogP contribution < -0.4 is 10.1 Å². The van der Waals surface area contributed by atoms with Crippen molar-refractivity contribution in [2.45, 2.75) is 11.8 Å². The summed E-state index contributed by atoms with van der Waals surface area (Å²) in [4.78, 5) is 20.8. The van der Waals surface area contributed by atoms with E-state index in [1.165, 1.54) is 23.1 Å². The Morgan fingerprint density at radius 2 is 1.88 bits per heavy atom. The summed E-state index contributed by atoms with van der Waals surface area (Å²) < 4.78 is 8.00. The fourth-order valence-corrected chi connectivity index (χ4v) is 4.55. The number of ether oxygens (including phenoxy) is 1. The summed E-state index contributed by atoms with van der Waals surface area (Å²) in [5, 5.41) is 15.4. The van der Waals surface area contributed by atoms with Crippen LogP contribution in [0.4, 0.5) is 5.13 Å². The highest BCUT2D eigenvalue weighted by Crippen LogP contribution is 2.26. The summed E-state index contributed by atoms with van der Waals surface area (Å²) in [6, 6.07) is 19.5. The SMILES string of the molecule is O=C(CSc1nnc(COc2cccc3cccnc23)n1-c1ccccc1)Nc1nccs1. The van der Waals surface area contributed by atoms with E-state index in [0.717, 1.165) is 16.6 Å². The largest absolute Gasteiger partial charge is 0.483 e. The zero-order valence-corrected chi connectivity index (χ0v) is 18.9. The first-order chi connectivity index (χ1) is 16.3. The van der Waals surface area contributed by atoms with Crippen molar-refractivity contribution in [1.29, 1.82) is 0 Å². The van der Waals surface area contributed by atoms with Crippen molar-refractivity contribution in [2.24, 2.45) is 0 Å². The normalized spacial score (nSPS) is 10.9. The highest BCUT2D eigenvalue weighted by atomic mass is 32.2. The molecular weight excluding hydrogens is 456 g/mol. The highest BCUT2D eigenvalue weighted by Gasteiger charge is 2.17. The second-order valence-electron chi connectivity index (χ2n) is 6.86. The van der Waals surface area contributed by atoms with Crippen LogP contribution in [0.3, 0.4) is 0 Å². The van der Waals surface area contributed by atoms with Gasteiger partial charge in [-0.15, -0.1) is 21.5 Å². The molecule has 10 heteroatoms. The lowest BCUT2D eigenvalue weighted by Gasteiger charge is -2.12. The quantitative estimate of drug-likeness (QED) is 0.329. The number of rotatable bonds is 8. The maximum Gasteiger partial charge on any atom is 0.236 e. The molecule has 0 aliphatic heterocycles. The molecule has 0 saturated carbocycles. The lowest BCUT2D eigenvalue weighted by atomic mass is 10.2. The van der Waals surface area contributed by atoms with Gasteiger partial charge in [0.25, 0.3) is 0 Å². The summed E-state index contributed by atoms with van der Waals surface area (Å²) in [7, 11) is 0. The number of thioether (sulfide) groups is 1. The molecule has 3 heterocycles. The lowest BCUT2D eigenvalue weighted by molar-refractivity contribution is -0.113. The van der Waals surface area contributed by atoms with Gasteiger partial charge in [0.15, 0.2) is 16.1 Å². The van der Waals surface area contributed by atoms with Gasteiger partial charge in [-0.1, -0.05) is 48.2 Å². The van der Waals surface area contributed by atoms with Crippen LogP contribution in [0, 0.1) is 0 Å². The number of benzene rings is 2. The Labute approximate surface area is 197 Å². The third kappa shape index (κ3) is 4.86. The van der Waals surface area contributed by atoms with Crippen molar-refractivity contribution >= 4 is 45.0 Å². The summed E-state index contributed by atoms with van der Waals surface area (Å²) in [5.41, 5.74) is 1.68. The number of aromatic nitrogens is 5. The maximum atomic E-state index is 12.3. The van der Waals surface area contributed by atoms with Crippen molar-refractivity contribution < 1.29 is 9.53 Å². The van der Waals surface area contributed by atoms with Gasteiger partial charge >= 0.3 is 0 Å². The van der Waals surface area contributed by atoms with Gasteiger partial charge in [-0.05, 0) is 24.3 Å². The van der Waals surface area contributed by atoms with E-state index in [9.17, 15) is 4.79 Å². The van der Waals surface area contributed by atoms with Crippen LogP contribution in [0.25, 0.3) is 16.6 Å². The Morgan fingerprint density at radius 3 is 2.73 bits per heavy atom. The molecule has 0 atom stereocenters. The van der Waals surface area contributed by atoms with E-state index in [4.69, 9.17) is 4.74 Å². The average Bonchev–Trinajstić information content (AvgIpc) is 3.51. The van der Waals surface area contributed by atoms with E-state index < -0.39 is 0 Å². The second-order valence-corrected chi connectivity index (χ2v) is 8.70. The Kier molecular flexibility index (Phi) is 6.27. The predicted octanol–water partition coefficient (Wildman–Crippen LogP) is 4.58. The predicted molar refractivity (Wildman–Crippen MR) is 129 cm³/mol. The number of nitrogens with one attached hydrogen (secondary N) is 1. The molecule has 1 N–H and O–H groups in total. The zero-order valence-electron chi connectivity index (χ0n) is 17.3. The van der Waals surface area contributed by atoms with Crippen LogP contribution in [-0.2, 0) is 11.4 Å². The van der Waals surface area contributed by atoms with Crippen molar-refractivity contribution in [1.82, 2.24) is 24.7 Å². The Bertz CT molecular complexity index is 1370. The first-order valence-corrected chi connectivity index (χ1v) is 11.9. The zero-order chi connectivity index (χ0) is 22.5. The van der Waals surface area contributed by atoms with Gasteiger partial charge in [-0.2, -0.15) is 0 Å². The Balaban J connectivity index is 1.37. The number of anilines is 1. The van der Waals surface area contributed by atoms with Gasteiger partial charge in [0.05, 0.1) is 5.75 Å². The molecule has 2 aromatic carbocycles. The number of thiazole rings is 1. The molecule has 164 valence electrons. The molecule has 0 aliphatic carbocycles. The van der Waals surface area contributed by atoms with Gasteiger partial charge in [0.1, 0.15) is 17.9 Å². The third-order valence-electron chi connectivity index (χ3n) is 4.68. The number of hydrogen-bond acceptors (Lipinski definition) is 8. The molecular formula is C23H18N6O2S2. The molecule has 1 amide bonds. The van der Waals surface area contributed by atoms with E-state index >= 15 is 0 Å². The van der Waals surface area contributed by atoms with E-state index in [1.807, 2.05) is 70.6 Å². The monoisotopic (exact) mass is 474 g/mol. The first-order valence-electron chi connectivity index (χ1n) is 10.1. The summed E-state index contributed by atoms with van der Waals surface area (Å²) in [6.45, 7) is 0.198. The molecule has 0 aliphatic rings. The van der Waals surface area contributed by atoms with Crippen molar-refractivity contribution in [3.8, 4) is 11.4 Å². The first kappa shape index (κ1) is 21.1. The second kappa shape index (κ2) is 9.80. The van der Waals surface area contributed by atoms with E-state index in [2.05, 4.69) is 25.5 Å². The minimum absolute atomic E-state index is 0.155. The minimum atomic E-state index is -0.155. The highest BCUT2D eigenvalue weighted by molar-refractivity contribution is 7.99. The number of para-hydroxylation sites is 2. The van der Waals surface area contributed by atoms with Gasteiger partial charge < -0.3 is 10.1 Å². The smallest absolute Gasteiger partial charge is 0.236 e. The minimum Gasteiger partial charge on any atom is -0.483 e. The average molecular weight is 475 g/mol. The molecule has 0 bridgehead atoms. The van der Waals surface area contributed by atoms with Crippen LogP contribution in [0.2, 0.25) is 0 Å². The lowest BCUT2D eigenvalue weighted by Crippen LogP contribution is -2.14. The Hall–Kier alpha value is -3.76. The van der Waals surface area contributed by atoms with Gasteiger partial charge in [-0.3, -0.25) is 14.3 Å². The number of carbonyl (C=O) groups excluding carboxylic acids is 1. The van der Waals surface area contributed by atoms with Gasteiger partial charge in [0.2, 0.25) is 5.91 Å². The van der Waals surface area contributed by atoms with Gasteiger partial charge in [-0.25, -0.2) is 4.98 Å². The summed E-state index contributed by atoms with van der Waals surface area (Å²) in [6.07, 6.45) is 3.39. The van der Waals surface area contributed by atoms with E-state index in [1.54, 1.807) is 12.4 Å². The van der Waals surface area contributed by atoms with Crippen LogP contribution >= 0.6 is 23.1 Å². The molecule has 0 spiro atoms. The number of carbonyl (C=O) groups is 1. The molecule has 5 rings (SSSR count). The van der Waals surface area contributed by atoms with Crippen LogP contribution in [0.1, 0.15) is 5.82 Å². The van der Waals surface area contributed by atoms with Crippen LogP contribution in [-0.4, -0.2) is 36.4 Å². The van der Waals surface area contributed by atoms with Crippen molar-refractivity contribution in [3.63, 3.8) is 0 Å². The molecule has 5 aromatic rings. The van der Waals surface area contributed by atoms with Crippen LogP contribution in [0.15, 0.2) is 83.6 Å². The molecule has 33 heavy (non-hydrogen) atoms. The Morgan fingerprint density at radius 1 is 1.00 bits per heavy atom. The third-order valence-corrected chi connectivity index (χ3v) is 6.30. The van der Waals surface area contributed by atoms with Gasteiger partial charge in [0, 0.05) is 28.8 Å². The summed E-state index contributed by atoms with van der Waals surface area (Å²) >= 11 is 2.68. The molecule has 0 unspecified atom stereocenters. The number of hydrogen-bond donors (Lipinski definition) is 1. The molecule has 8 nitrogen and oxygen atoms in total. The van der Waals surface area contributed by atoms with E-state index in [0.29, 0.717) is 21.9 Å². The van der Waals surface area contributed by atoms with Crippen molar-refractivity contribution in [3.05, 3.63) is 84.3 Å². The topological polar surface area (TPSA) is 94.8 Å². The van der Waals surface area contributed by atoms with E-state index in [-0.39, 0.29) is 18.3 Å². The standard InChI is InChI=1S/C23H18N6O2S2/c30-20(26-22-25-12-13-32-22)15-33-23-28-27-19(29(23)17-8-2-1-3-9-17)14-31-18-10-4-6-16-7-5-11-24-21(16)18/h1-13H,14-15H2,(H,25,26,30). The summed E-state index contributed by atoms with van der Waals surface area (Å²) in [5.74, 6) is 1.32. The van der Waals surface area contributed by atoms with Crippen LogP contribution in [0.5, 0.6) is 5.75 Å². The maximum absolute atomic E-state index is 12.3. The van der Waals surface area contributed by atoms with Crippen molar-refractivity contribution in [2.75, 3.05) is 11.1 Å². The number of amides is 1.